The molecule has 0 aromatic heterocycles. The van der Waals surface area contributed by atoms with E-state index in [1.165, 1.54) is 6.07 Å². The Bertz CT molecular complexity index is 421. The Morgan fingerprint density at radius 2 is 2.00 bits per heavy atom. The lowest BCUT2D eigenvalue weighted by Crippen LogP contribution is -2.06. The molecule has 1 aliphatic rings. The molecule has 0 heterocycles. The average molecular weight is 217 g/mol. The fraction of sp³-hybridized carbons (Fsp3) is 0.333. The van der Waals surface area contributed by atoms with E-state index < -0.39 is 9.84 Å². The predicted molar refractivity (Wildman–Crippen MR) is 51.7 cm³/mol. The van der Waals surface area contributed by atoms with Gasteiger partial charge in [0.05, 0.1) is 10.1 Å². The van der Waals surface area contributed by atoms with Crippen LogP contribution in [0.15, 0.2) is 29.2 Å². The molecule has 70 valence electrons. The van der Waals surface area contributed by atoms with Crippen LogP contribution >= 0.6 is 11.6 Å². The Morgan fingerprint density at radius 1 is 1.31 bits per heavy atom. The van der Waals surface area contributed by atoms with Crippen molar-refractivity contribution in [3.63, 3.8) is 0 Å². The normalized spacial score (nSPS) is 17.3. The van der Waals surface area contributed by atoms with Gasteiger partial charge in [0.1, 0.15) is 0 Å². The largest absolute Gasteiger partial charge is 0.223 e. The van der Waals surface area contributed by atoms with Gasteiger partial charge in [0, 0.05) is 5.02 Å². The number of rotatable bonds is 2. The summed E-state index contributed by atoms with van der Waals surface area (Å²) in [7, 11) is -3.07. The molecule has 2 nitrogen and oxygen atoms in total. The molecule has 0 aliphatic heterocycles. The van der Waals surface area contributed by atoms with Crippen molar-refractivity contribution in [1.82, 2.24) is 0 Å². The smallest absolute Gasteiger partial charge is 0.181 e. The number of hydrogen-bond acceptors (Lipinski definition) is 2. The van der Waals surface area contributed by atoms with E-state index in [1.807, 2.05) is 0 Å². The maximum Gasteiger partial charge on any atom is 0.181 e. The molecule has 1 aliphatic carbocycles. The van der Waals surface area contributed by atoms with Crippen LogP contribution in [0.1, 0.15) is 12.8 Å². The molecule has 1 aromatic carbocycles. The molecule has 2 rings (SSSR count). The van der Waals surface area contributed by atoms with Crippen LogP contribution in [0.2, 0.25) is 5.02 Å². The third-order valence-corrected chi connectivity index (χ3v) is 4.58. The minimum absolute atomic E-state index is 0.161. The summed E-state index contributed by atoms with van der Waals surface area (Å²) in [5, 5.41) is 0.313. The second-order valence-corrected chi connectivity index (χ2v) is 5.87. The summed E-state index contributed by atoms with van der Waals surface area (Å²) < 4.78 is 23.4. The molecule has 0 atom stereocenters. The zero-order valence-electron chi connectivity index (χ0n) is 6.90. The molecule has 1 fully saturated rings. The topological polar surface area (TPSA) is 34.1 Å². The SMILES string of the molecule is O=S(=O)(c1cccc(Cl)c1)C1CC1. The van der Waals surface area contributed by atoms with Gasteiger partial charge < -0.3 is 0 Å². The van der Waals surface area contributed by atoms with Crippen molar-refractivity contribution in [2.45, 2.75) is 23.0 Å². The molecule has 1 aromatic rings. The zero-order valence-corrected chi connectivity index (χ0v) is 8.48. The van der Waals surface area contributed by atoms with Crippen molar-refractivity contribution >= 4 is 21.4 Å². The van der Waals surface area contributed by atoms with Gasteiger partial charge in [-0.05, 0) is 31.0 Å². The highest BCUT2D eigenvalue weighted by molar-refractivity contribution is 7.92. The van der Waals surface area contributed by atoms with E-state index in [0.29, 0.717) is 9.92 Å². The van der Waals surface area contributed by atoms with Crippen molar-refractivity contribution in [2.75, 3.05) is 0 Å². The number of hydrogen-bond donors (Lipinski definition) is 0. The van der Waals surface area contributed by atoms with Gasteiger partial charge in [0.25, 0.3) is 0 Å². The highest BCUT2D eigenvalue weighted by Gasteiger charge is 2.36. The maximum atomic E-state index is 11.7. The molecule has 0 unspecified atom stereocenters. The minimum atomic E-state index is -3.07. The molecule has 0 N–H and O–H groups in total. The fourth-order valence-corrected chi connectivity index (χ4v) is 3.17. The van der Waals surface area contributed by atoms with Crippen LogP contribution in [-0.2, 0) is 9.84 Å². The number of halogens is 1. The van der Waals surface area contributed by atoms with Crippen LogP contribution in [0.4, 0.5) is 0 Å². The van der Waals surface area contributed by atoms with Gasteiger partial charge in [-0.15, -0.1) is 0 Å². The van der Waals surface area contributed by atoms with Gasteiger partial charge in [-0.3, -0.25) is 0 Å². The first kappa shape index (κ1) is 9.03. The molecule has 0 spiro atoms. The first-order valence-corrected chi connectivity index (χ1v) is 6.02. The molecule has 1 saturated carbocycles. The zero-order chi connectivity index (χ0) is 9.47. The Labute approximate surface area is 82.4 Å². The summed E-state index contributed by atoms with van der Waals surface area (Å²) in [6.45, 7) is 0. The predicted octanol–water partition coefficient (Wildman–Crippen LogP) is 2.28. The van der Waals surface area contributed by atoms with Gasteiger partial charge in [0.2, 0.25) is 0 Å². The van der Waals surface area contributed by atoms with Crippen LogP contribution in [0, 0.1) is 0 Å². The molecular formula is C9H9ClO2S. The maximum absolute atomic E-state index is 11.7. The van der Waals surface area contributed by atoms with E-state index in [1.54, 1.807) is 18.2 Å². The van der Waals surface area contributed by atoms with Crippen LogP contribution in [0.3, 0.4) is 0 Å². The van der Waals surface area contributed by atoms with Crippen LogP contribution in [-0.4, -0.2) is 13.7 Å². The first-order chi connectivity index (χ1) is 6.10. The highest BCUT2D eigenvalue weighted by atomic mass is 35.5. The minimum Gasteiger partial charge on any atom is -0.223 e. The fourth-order valence-electron chi connectivity index (χ4n) is 1.21. The average Bonchev–Trinajstić information content (AvgIpc) is 2.86. The lowest BCUT2D eigenvalue weighted by Gasteiger charge is -2.01. The monoisotopic (exact) mass is 216 g/mol. The Balaban J connectivity index is 2.45. The summed E-state index contributed by atoms with van der Waals surface area (Å²) >= 11 is 5.71. The molecule has 0 saturated heterocycles. The summed E-state index contributed by atoms with van der Waals surface area (Å²) in [5.41, 5.74) is 0. The molecule has 0 bridgehead atoms. The van der Waals surface area contributed by atoms with Crippen molar-refractivity contribution in [1.29, 1.82) is 0 Å². The Morgan fingerprint density at radius 3 is 2.54 bits per heavy atom. The number of benzene rings is 1. The van der Waals surface area contributed by atoms with Crippen LogP contribution < -0.4 is 0 Å². The molecule has 13 heavy (non-hydrogen) atoms. The van der Waals surface area contributed by atoms with Gasteiger partial charge in [-0.2, -0.15) is 0 Å². The second kappa shape index (κ2) is 3.00. The van der Waals surface area contributed by atoms with Gasteiger partial charge in [-0.1, -0.05) is 17.7 Å². The van der Waals surface area contributed by atoms with E-state index in [2.05, 4.69) is 0 Å². The van der Waals surface area contributed by atoms with Crippen LogP contribution in [0.25, 0.3) is 0 Å². The lowest BCUT2D eigenvalue weighted by molar-refractivity contribution is 0.595. The van der Waals surface area contributed by atoms with Crippen molar-refractivity contribution in [2.24, 2.45) is 0 Å². The van der Waals surface area contributed by atoms with Crippen LogP contribution in [0.5, 0.6) is 0 Å². The molecular weight excluding hydrogens is 208 g/mol. The Hall–Kier alpha value is -0.540. The van der Waals surface area contributed by atoms with E-state index in [4.69, 9.17) is 11.6 Å². The molecule has 4 heteroatoms. The quantitative estimate of drug-likeness (QED) is 0.760. The summed E-state index contributed by atoms with van der Waals surface area (Å²) in [6, 6.07) is 6.44. The van der Waals surface area contributed by atoms with E-state index in [-0.39, 0.29) is 5.25 Å². The van der Waals surface area contributed by atoms with Crippen molar-refractivity contribution < 1.29 is 8.42 Å². The first-order valence-electron chi connectivity index (χ1n) is 4.10. The third-order valence-electron chi connectivity index (χ3n) is 2.09. The summed E-state index contributed by atoms with van der Waals surface area (Å²) in [6.07, 6.45) is 1.57. The lowest BCUT2D eigenvalue weighted by atomic mass is 10.4. The number of sulfone groups is 1. The molecule has 0 radical (unpaired) electrons. The van der Waals surface area contributed by atoms with E-state index in [0.717, 1.165) is 12.8 Å². The van der Waals surface area contributed by atoms with Crippen molar-refractivity contribution in [3.05, 3.63) is 29.3 Å². The summed E-state index contributed by atoms with van der Waals surface area (Å²) in [5.74, 6) is 0. The van der Waals surface area contributed by atoms with Gasteiger partial charge in [0.15, 0.2) is 9.84 Å². The van der Waals surface area contributed by atoms with Crippen molar-refractivity contribution in [3.8, 4) is 0 Å². The van der Waals surface area contributed by atoms with Gasteiger partial charge >= 0.3 is 0 Å². The third kappa shape index (κ3) is 1.71. The van der Waals surface area contributed by atoms with E-state index in [9.17, 15) is 8.42 Å². The molecule has 0 amide bonds. The van der Waals surface area contributed by atoms with Gasteiger partial charge in [-0.25, -0.2) is 8.42 Å². The van der Waals surface area contributed by atoms with E-state index >= 15 is 0 Å². The second-order valence-electron chi connectivity index (χ2n) is 3.20. The highest BCUT2D eigenvalue weighted by Crippen LogP contribution is 2.33. The summed E-state index contributed by atoms with van der Waals surface area (Å²) in [4.78, 5) is 0.350. The standard InChI is InChI=1S/C9H9ClO2S/c10-7-2-1-3-9(6-7)13(11,12)8-4-5-8/h1-3,6,8H,4-5H2. The Kier molecular flexibility index (Phi) is 2.08.